The fourth-order valence-electron chi connectivity index (χ4n) is 3.02. The van der Waals surface area contributed by atoms with Gasteiger partial charge >= 0.3 is 0 Å². The molecule has 1 amide bonds. The molecule has 1 atom stereocenters. The summed E-state index contributed by atoms with van der Waals surface area (Å²) < 4.78 is 6.70. The van der Waals surface area contributed by atoms with E-state index in [9.17, 15) is 4.79 Å². The number of aryl methyl sites for hydroxylation is 1. The number of carbonyl (C=O) groups is 1. The van der Waals surface area contributed by atoms with Gasteiger partial charge in [0, 0.05) is 32.4 Å². The molecule has 1 fully saturated rings. The molecule has 0 radical (unpaired) electrons. The van der Waals surface area contributed by atoms with Crippen LogP contribution in [-0.2, 0) is 4.79 Å². The quantitative estimate of drug-likeness (QED) is 0.747. The number of nitriles is 1. The first-order valence-corrected chi connectivity index (χ1v) is 9.60. The number of aromatic nitrogens is 1. The van der Waals surface area contributed by atoms with Crippen LogP contribution in [0.2, 0.25) is 0 Å². The number of nitrogens with zero attached hydrogens (tertiary/aromatic N) is 4. The molecule has 1 unspecified atom stereocenters. The molecule has 3 rings (SSSR count). The summed E-state index contributed by atoms with van der Waals surface area (Å²) in [7, 11) is 0. The van der Waals surface area contributed by atoms with Crippen LogP contribution in [0.15, 0.2) is 41.0 Å². The molecule has 140 valence electrons. The highest BCUT2D eigenvalue weighted by atomic mass is 79.9. The first kappa shape index (κ1) is 19.2. The summed E-state index contributed by atoms with van der Waals surface area (Å²) in [5.74, 6) is 1.41. The van der Waals surface area contributed by atoms with Crippen molar-refractivity contribution >= 4 is 27.7 Å². The molecule has 1 aliphatic rings. The molecule has 1 saturated heterocycles. The molecule has 7 heteroatoms. The van der Waals surface area contributed by atoms with Gasteiger partial charge in [-0.15, -0.1) is 0 Å². The predicted octanol–water partition coefficient (Wildman–Crippen LogP) is 3.14. The van der Waals surface area contributed by atoms with E-state index in [1.165, 1.54) is 0 Å². The lowest BCUT2D eigenvalue weighted by Gasteiger charge is -2.36. The van der Waals surface area contributed by atoms with Gasteiger partial charge in [0.2, 0.25) is 0 Å². The summed E-state index contributed by atoms with van der Waals surface area (Å²) in [4.78, 5) is 21.0. The Morgan fingerprint density at radius 2 is 2.00 bits per heavy atom. The molecular weight excluding hydrogens is 408 g/mol. The van der Waals surface area contributed by atoms with Crippen LogP contribution in [0.3, 0.4) is 0 Å². The average Bonchev–Trinajstić information content (AvgIpc) is 2.69. The van der Waals surface area contributed by atoms with E-state index >= 15 is 0 Å². The summed E-state index contributed by atoms with van der Waals surface area (Å²) in [5, 5.41) is 9.03. The van der Waals surface area contributed by atoms with E-state index in [-0.39, 0.29) is 5.91 Å². The lowest BCUT2D eigenvalue weighted by atomic mass is 10.2. The number of carbonyl (C=O) groups excluding carboxylic acids is 1. The number of hydrogen-bond acceptors (Lipinski definition) is 5. The molecule has 2 heterocycles. The Balaban J connectivity index is 1.58. The third-order valence-electron chi connectivity index (χ3n) is 4.53. The monoisotopic (exact) mass is 428 g/mol. The molecule has 1 aromatic carbocycles. The maximum Gasteiger partial charge on any atom is 0.263 e. The predicted molar refractivity (Wildman–Crippen MR) is 107 cm³/mol. The molecule has 27 heavy (non-hydrogen) atoms. The Bertz CT molecular complexity index is 873. The molecule has 6 nitrogen and oxygen atoms in total. The van der Waals surface area contributed by atoms with Crippen molar-refractivity contribution in [2.75, 3.05) is 31.1 Å². The number of halogens is 1. The highest BCUT2D eigenvalue weighted by Gasteiger charge is 2.27. The second-order valence-electron chi connectivity index (χ2n) is 6.52. The van der Waals surface area contributed by atoms with Crippen LogP contribution in [-0.4, -0.2) is 48.1 Å². The SMILES string of the molecule is Cc1ccc(OC(C)C(=O)N2CCN(c3cc(C#N)ccn3)CC2)c(Br)c1. The zero-order chi connectivity index (χ0) is 19.4. The van der Waals surface area contributed by atoms with Crippen molar-refractivity contribution in [3.05, 3.63) is 52.1 Å². The van der Waals surface area contributed by atoms with E-state index in [4.69, 9.17) is 10.00 Å². The average molecular weight is 429 g/mol. The maximum absolute atomic E-state index is 12.7. The summed E-state index contributed by atoms with van der Waals surface area (Å²) in [6, 6.07) is 11.4. The molecule has 0 N–H and O–H groups in total. The van der Waals surface area contributed by atoms with Gasteiger partial charge in [-0.05, 0) is 59.6 Å². The van der Waals surface area contributed by atoms with E-state index in [0.29, 0.717) is 37.5 Å². The minimum atomic E-state index is -0.560. The Labute approximate surface area is 167 Å². The molecule has 0 bridgehead atoms. The number of anilines is 1. The van der Waals surface area contributed by atoms with Crippen molar-refractivity contribution in [2.45, 2.75) is 20.0 Å². The number of hydrogen-bond donors (Lipinski definition) is 0. The van der Waals surface area contributed by atoms with Crippen LogP contribution in [0.1, 0.15) is 18.1 Å². The van der Waals surface area contributed by atoms with E-state index in [2.05, 4.69) is 31.9 Å². The molecule has 2 aromatic rings. The highest BCUT2D eigenvalue weighted by molar-refractivity contribution is 9.10. The Kier molecular flexibility index (Phi) is 5.97. The summed E-state index contributed by atoms with van der Waals surface area (Å²) in [6.07, 6.45) is 1.08. The number of pyridine rings is 1. The second kappa shape index (κ2) is 8.40. The molecule has 0 saturated carbocycles. The molecule has 0 aliphatic carbocycles. The normalized spacial score (nSPS) is 15.2. The van der Waals surface area contributed by atoms with Gasteiger partial charge in [-0.2, -0.15) is 5.26 Å². The minimum Gasteiger partial charge on any atom is -0.480 e. The van der Waals surface area contributed by atoms with E-state index in [1.54, 1.807) is 25.3 Å². The second-order valence-corrected chi connectivity index (χ2v) is 7.38. The number of benzene rings is 1. The molecule has 0 spiro atoms. The van der Waals surface area contributed by atoms with Crippen LogP contribution in [0.5, 0.6) is 5.75 Å². The summed E-state index contributed by atoms with van der Waals surface area (Å²) in [6.45, 7) is 6.33. The van der Waals surface area contributed by atoms with Crippen molar-refractivity contribution in [1.29, 1.82) is 5.26 Å². The van der Waals surface area contributed by atoms with Crippen LogP contribution < -0.4 is 9.64 Å². The van der Waals surface area contributed by atoms with Crippen molar-refractivity contribution in [3.8, 4) is 11.8 Å². The highest BCUT2D eigenvalue weighted by Crippen LogP contribution is 2.27. The van der Waals surface area contributed by atoms with Gasteiger partial charge in [-0.25, -0.2) is 4.98 Å². The van der Waals surface area contributed by atoms with Crippen molar-refractivity contribution in [3.63, 3.8) is 0 Å². The molecule has 1 aliphatic heterocycles. The number of rotatable bonds is 4. The lowest BCUT2D eigenvalue weighted by molar-refractivity contribution is -0.138. The van der Waals surface area contributed by atoms with E-state index in [1.807, 2.05) is 30.0 Å². The van der Waals surface area contributed by atoms with Gasteiger partial charge in [0.25, 0.3) is 5.91 Å². The number of amides is 1. The summed E-state index contributed by atoms with van der Waals surface area (Å²) in [5.41, 5.74) is 1.71. The number of piperazine rings is 1. The van der Waals surface area contributed by atoms with Crippen molar-refractivity contribution in [1.82, 2.24) is 9.88 Å². The zero-order valence-electron chi connectivity index (χ0n) is 15.4. The van der Waals surface area contributed by atoms with Gasteiger partial charge in [0.15, 0.2) is 6.10 Å². The van der Waals surface area contributed by atoms with E-state index in [0.717, 1.165) is 15.9 Å². The zero-order valence-corrected chi connectivity index (χ0v) is 16.9. The van der Waals surface area contributed by atoms with Gasteiger partial charge in [-0.3, -0.25) is 4.79 Å². The standard InChI is InChI=1S/C20H21BrN4O2/c1-14-3-4-18(17(21)11-14)27-15(2)20(26)25-9-7-24(8-10-25)19-12-16(13-22)5-6-23-19/h3-6,11-12,15H,7-10H2,1-2H3. The van der Waals surface area contributed by atoms with E-state index < -0.39 is 6.10 Å². The van der Waals surface area contributed by atoms with Gasteiger partial charge in [0.1, 0.15) is 11.6 Å². The van der Waals surface area contributed by atoms with Crippen molar-refractivity contribution in [2.24, 2.45) is 0 Å². The largest absolute Gasteiger partial charge is 0.480 e. The molecular formula is C20H21BrN4O2. The Morgan fingerprint density at radius 1 is 1.26 bits per heavy atom. The number of ether oxygens (including phenoxy) is 1. The van der Waals surface area contributed by atoms with Gasteiger partial charge in [0.05, 0.1) is 16.1 Å². The first-order chi connectivity index (χ1) is 13.0. The summed E-state index contributed by atoms with van der Waals surface area (Å²) >= 11 is 3.48. The maximum atomic E-state index is 12.7. The third-order valence-corrected chi connectivity index (χ3v) is 5.15. The Hall–Kier alpha value is -2.59. The molecule has 1 aromatic heterocycles. The smallest absolute Gasteiger partial charge is 0.263 e. The van der Waals surface area contributed by atoms with Crippen LogP contribution in [0, 0.1) is 18.3 Å². The fraction of sp³-hybridized carbons (Fsp3) is 0.350. The fourth-order valence-corrected chi connectivity index (χ4v) is 3.60. The van der Waals surface area contributed by atoms with Crippen molar-refractivity contribution < 1.29 is 9.53 Å². The van der Waals surface area contributed by atoms with Crippen LogP contribution in [0.25, 0.3) is 0 Å². The van der Waals surface area contributed by atoms with Gasteiger partial charge < -0.3 is 14.5 Å². The minimum absolute atomic E-state index is 0.0270. The van der Waals surface area contributed by atoms with Crippen LogP contribution >= 0.6 is 15.9 Å². The van der Waals surface area contributed by atoms with Gasteiger partial charge in [-0.1, -0.05) is 6.07 Å². The van der Waals surface area contributed by atoms with Crippen LogP contribution in [0.4, 0.5) is 5.82 Å². The first-order valence-electron chi connectivity index (χ1n) is 8.80. The lowest BCUT2D eigenvalue weighted by Crippen LogP contribution is -2.52. The topological polar surface area (TPSA) is 69.5 Å². The third kappa shape index (κ3) is 4.58. The Morgan fingerprint density at radius 3 is 2.67 bits per heavy atom.